The Morgan fingerprint density at radius 2 is 1.88 bits per heavy atom. The second kappa shape index (κ2) is 9.54. The fraction of sp³-hybridized carbons (Fsp3) is 0.500. The van der Waals surface area contributed by atoms with Crippen LogP contribution >= 0.6 is 12.4 Å². The monoisotopic (exact) mass is 382 g/mol. The number of fused-ring (bicyclic) bond motifs is 1. The summed E-state index contributed by atoms with van der Waals surface area (Å²) in [6.45, 7) is 4.33. The minimum Gasteiger partial charge on any atom is -0.354 e. The van der Waals surface area contributed by atoms with Crippen LogP contribution in [-0.2, 0) is 14.4 Å². The first-order valence-corrected chi connectivity index (χ1v) is 8.63. The van der Waals surface area contributed by atoms with Crippen molar-refractivity contribution in [3.8, 4) is 0 Å². The van der Waals surface area contributed by atoms with Crippen molar-refractivity contribution in [3.05, 3.63) is 24.3 Å². The van der Waals surface area contributed by atoms with Crippen molar-refractivity contribution in [2.24, 2.45) is 5.73 Å². The summed E-state index contributed by atoms with van der Waals surface area (Å²) in [6, 6.07) is 7.12. The van der Waals surface area contributed by atoms with Gasteiger partial charge in [-0.1, -0.05) is 26.0 Å². The molecule has 0 bridgehead atoms. The predicted octanol–water partition coefficient (Wildman–Crippen LogP) is 1.81. The van der Waals surface area contributed by atoms with E-state index in [1.165, 1.54) is 4.90 Å². The highest BCUT2D eigenvalue weighted by atomic mass is 35.5. The highest BCUT2D eigenvalue weighted by Crippen LogP contribution is 2.29. The van der Waals surface area contributed by atoms with E-state index in [0.717, 1.165) is 12.8 Å². The van der Waals surface area contributed by atoms with E-state index < -0.39 is 5.54 Å². The van der Waals surface area contributed by atoms with Crippen molar-refractivity contribution < 1.29 is 14.4 Å². The highest BCUT2D eigenvalue weighted by Gasteiger charge is 2.27. The summed E-state index contributed by atoms with van der Waals surface area (Å²) in [5.41, 5.74) is 7.00. The molecule has 0 unspecified atom stereocenters. The summed E-state index contributed by atoms with van der Waals surface area (Å²) in [6.07, 6.45) is 1.65. The van der Waals surface area contributed by atoms with Crippen LogP contribution in [0.3, 0.4) is 0 Å². The Kier molecular flexibility index (Phi) is 8.05. The molecule has 1 aromatic carbocycles. The van der Waals surface area contributed by atoms with Gasteiger partial charge in [0.15, 0.2) is 0 Å². The predicted molar refractivity (Wildman–Crippen MR) is 104 cm³/mol. The van der Waals surface area contributed by atoms with Crippen LogP contribution in [0.4, 0.5) is 11.4 Å². The van der Waals surface area contributed by atoms with Crippen molar-refractivity contribution in [1.82, 2.24) is 5.32 Å². The molecule has 144 valence electrons. The third-order valence-corrected chi connectivity index (χ3v) is 4.68. The van der Waals surface area contributed by atoms with Gasteiger partial charge in [0.1, 0.15) is 6.54 Å². The molecule has 0 saturated heterocycles. The molecule has 0 spiro atoms. The molecule has 8 heteroatoms. The van der Waals surface area contributed by atoms with E-state index in [-0.39, 0.29) is 49.5 Å². The first-order valence-electron chi connectivity index (χ1n) is 8.63. The second-order valence-corrected chi connectivity index (χ2v) is 6.39. The summed E-state index contributed by atoms with van der Waals surface area (Å²) in [5, 5.41) is 5.53. The van der Waals surface area contributed by atoms with Gasteiger partial charge in [-0.15, -0.1) is 12.4 Å². The lowest BCUT2D eigenvalue weighted by Crippen LogP contribution is -2.49. The molecule has 0 atom stereocenters. The van der Waals surface area contributed by atoms with Crippen molar-refractivity contribution in [1.29, 1.82) is 0 Å². The van der Waals surface area contributed by atoms with E-state index in [4.69, 9.17) is 5.73 Å². The quantitative estimate of drug-likeness (QED) is 0.668. The zero-order chi connectivity index (χ0) is 18.4. The van der Waals surface area contributed by atoms with Crippen LogP contribution in [0.2, 0.25) is 0 Å². The third kappa shape index (κ3) is 5.44. The first-order chi connectivity index (χ1) is 11.9. The van der Waals surface area contributed by atoms with Crippen LogP contribution in [0.25, 0.3) is 0 Å². The van der Waals surface area contributed by atoms with E-state index in [9.17, 15) is 14.4 Å². The van der Waals surface area contributed by atoms with Crippen LogP contribution in [0.5, 0.6) is 0 Å². The summed E-state index contributed by atoms with van der Waals surface area (Å²) in [5.74, 6) is -0.697. The van der Waals surface area contributed by atoms with Gasteiger partial charge in [-0.25, -0.2) is 0 Å². The average Bonchev–Trinajstić information content (AvgIpc) is 2.63. The molecule has 0 fully saturated rings. The number of carbonyl (C=O) groups is 3. The van der Waals surface area contributed by atoms with Gasteiger partial charge in [-0.2, -0.15) is 0 Å². The minimum atomic E-state index is -0.413. The number of nitrogens with two attached hydrogens (primary N) is 1. The molecular weight excluding hydrogens is 356 g/mol. The SMILES string of the molecule is CCC(N)(CC)CNC(=O)CCC(=O)N1CC(=O)Nc2ccccc21.Cl. The Bertz CT molecular complexity index is 662. The lowest BCUT2D eigenvalue weighted by molar-refractivity contribution is -0.126. The number of nitrogens with one attached hydrogen (secondary N) is 2. The zero-order valence-corrected chi connectivity index (χ0v) is 16.0. The molecule has 0 radical (unpaired) electrons. The molecule has 1 aliphatic rings. The van der Waals surface area contributed by atoms with Crippen molar-refractivity contribution in [2.75, 3.05) is 23.3 Å². The Hall–Kier alpha value is -2.12. The van der Waals surface area contributed by atoms with Gasteiger partial charge >= 0.3 is 0 Å². The third-order valence-electron chi connectivity index (χ3n) is 4.68. The maximum absolute atomic E-state index is 12.5. The molecule has 7 nitrogen and oxygen atoms in total. The number of para-hydroxylation sites is 2. The van der Waals surface area contributed by atoms with Crippen molar-refractivity contribution in [2.45, 2.75) is 45.1 Å². The number of anilines is 2. The molecule has 0 aromatic heterocycles. The number of nitrogens with zero attached hydrogens (tertiary/aromatic N) is 1. The number of halogens is 1. The first kappa shape index (κ1) is 21.9. The van der Waals surface area contributed by atoms with Crippen LogP contribution in [0.15, 0.2) is 24.3 Å². The lowest BCUT2D eigenvalue weighted by Gasteiger charge is -2.29. The van der Waals surface area contributed by atoms with E-state index in [1.54, 1.807) is 24.3 Å². The lowest BCUT2D eigenvalue weighted by atomic mass is 9.94. The van der Waals surface area contributed by atoms with Gasteiger partial charge < -0.3 is 21.3 Å². The fourth-order valence-electron chi connectivity index (χ4n) is 2.67. The number of hydrogen-bond donors (Lipinski definition) is 3. The van der Waals surface area contributed by atoms with Crippen LogP contribution < -0.4 is 21.3 Å². The number of benzene rings is 1. The molecule has 3 amide bonds. The van der Waals surface area contributed by atoms with E-state index in [0.29, 0.717) is 17.9 Å². The smallest absolute Gasteiger partial charge is 0.244 e. The fourth-order valence-corrected chi connectivity index (χ4v) is 2.67. The van der Waals surface area contributed by atoms with Crippen LogP contribution in [0, 0.1) is 0 Å². The van der Waals surface area contributed by atoms with Gasteiger partial charge in [-0.3, -0.25) is 14.4 Å². The summed E-state index contributed by atoms with van der Waals surface area (Å²) >= 11 is 0. The van der Waals surface area contributed by atoms with Gasteiger partial charge in [0.2, 0.25) is 17.7 Å². The van der Waals surface area contributed by atoms with Crippen LogP contribution in [0.1, 0.15) is 39.5 Å². The van der Waals surface area contributed by atoms with E-state index in [2.05, 4.69) is 10.6 Å². The molecule has 26 heavy (non-hydrogen) atoms. The number of hydrogen-bond acceptors (Lipinski definition) is 4. The standard InChI is InChI=1S/C18H26N4O3.ClH/c1-3-18(19,4-2)12-20-15(23)9-10-17(25)22-11-16(24)21-13-7-5-6-8-14(13)22;/h5-8H,3-4,9-12,19H2,1-2H3,(H,20,23)(H,21,24);1H. The number of amides is 3. The normalized spacial score (nSPS) is 13.3. The number of rotatable bonds is 7. The average molecular weight is 383 g/mol. The Balaban J connectivity index is 0.00000338. The van der Waals surface area contributed by atoms with Gasteiger partial charge in [0, 0.05) is 24.9 Å². The molecule has 1 heterocycles. The van der Waals surface area contributed by atoms with E-state index in [1.807, 2.05) is 13.8 Å². The molecule has 0 saturated carbocycles. The maximum atomic E-state index is 12.5. The number of carbonyl (C=O) groups excluding carboxylic acids is 3. The van der Waals surface area contributed by atoms with E-state index >= 15 is 0 Å². The molecule has 1 aromatic rings. The molecular formula is C18H27ClN4O3. The second-order valence-electron chi connectivity index (χ2n) is 6.39. The maximum Gasteiger partial charge on any atom is 0.244 e. The zero-order valence-electron chi connectivity index (χ0n) is 15.2. The van der Waals surface area contributed by atoms with Crippen LogP contribution in [-0.4, -0.2) is 36.3 Å². The molecule has 0 aliphatic carbocycles. The molecule has 2 rings (SSSR count). The molecule has 1 aliphatic heterocycles. The van der Waals surface area contributed by atoms with Gasteiger partial charge in [0.25, 0.3) is 0 Å². The topological polar surface area (TPSA) is 105 Å². The summed E-state index contributed by atoms with van der Waals surface area (Å²) in [4.78, 5) is 37.7. The van der Waals surface area contributed by atoms with Crippen molar-refractivity contribution in [3.63, 3.8) is 0 Å². The Morgan fingerprint density at radius 3 is 2.54 bits per heavy atom. The molecule has 4 N–H and O–H groups in total. The highest BCUT2D eigenvalue weighted by molar-refractivity contribution is 6.10. The largest absolute Gasteiger partial charge is 0.354 e. The van der Waals surface area contributed by atoms with Gasteiger partial charge in [0.05, 0.1) is 11.4 Å². The Morgan fingerprint density at radius 1 is 1.23 bits per heavy atom. The van der Waals surface area contributed by atoms with Crippen molar-refractivity contribution >= 4 is 41.5 Å². The van der Waals surface area contributed by atoms with Gasteiger partial charge in [-0.05, 0) is 25.0 Å². The minimum absolute atomic E-state index is 0. The summed E-state index contributed by atoms with van der Waals surface area (Å²) in [7, 11) is 0. The summed E-state index contributed by atoms with van der Waals surface area (Å²) < 4.78 is 0. The Labute approximate surface area is 160 Å².